The molecule has 6 heteroatoms. The van der Waals surface area contributed by atoms with Crippen molar-refractivity contribution in [1.82, 2.24) is 9.97 Å². The molecule has 0 amide bonds. The molecule has 0 unspecified atom stereocenters. The first-order valence-corrected chi connectivity index (χ1v) is 8.08. The van der Waals surface area contributed by atoms with Crippen LogP contribution < -0.4 is 14.8 Å². The van der Waals surface area contributed by atoms with Crippen molar-refractivity contribution < 1.29 is 13.9 Å². The highest BCUT2D eigenvalue weighted by atomic mass is 16.5. The van der Waals surface area contributed by atoms with Crippen LogP contribution in [0.15, 0.2) is 65.3 Å². The van der Waals surface area contributed by atoms with Gasteiger partial charge in [0, 0.05) is 11.5 Å². The highest BCUT2D eigenvalue weighted by molar-refractivity contribution is 5.92. The van der Waals surface area contributed by atoms with Crippen molar-refractivity contribution in [3.05, 3.63) is 60.9 Å². The summed E-state index contributed by atoms with van der Waals surface area (Å²) in [7, 11) is 3.25. The molecule has 0 saturated carbocycles. The zero-order valence-electron chi connectivity index (χ0n) is 14.4. The number of fused-ring (bicyclic) bond motifs is 1. The number of benzene rings is 2. The Hall–Kier alpha value is -3.54. The van der Waals surface area contributed by atoms with E-state index in [0.29, 0.717) is 23.2 Å². The molecule has 4 rings (SSSR count). The SMILES string of the molecule is COc1ccc(OC)c(Nc2nc(-c3ccco3)nc3ccccc23)c1. The lowest BCUT2D eigenvalue weighted by atomic mass is 10.2. The van der Waals surface area contributed by atoms with Crippen molar-refractivity contribution in [3.8, 4) is 23.1 Å². The summed E-state index contributed by atoms with van der Waals surface area (Å²) in [4.78, 5) is 9.25. The van der Waals surface area contributed by atoms with E-state index in [1.165, 1.54) is 0 Å². The Bertz CT molecular complexity index is 1050. The van der Waals surface area contributed by atoms with Crippen LogP contribution in [0.25, 0.3) is 22.5 Å². The van der Waals surface area contributed by atoms with Gasteiger partial charge in [-0.15, -0.1) is 0 Å². The van der Waals surface area contributed by atoms with Gasteiger partial charge in [0.25, 0.3) is 0 Å². The number of hydrogen-bond acceptors (Lipinski definition) is 6. The molecule has 6 nitrogen and oxygen atoms in total. The fourth-order valence-electron chi connectivity index (χ4n) is 2.73. The Balaban J connectivity index is 1.86. The number of ether oxygens (including phenoxy) is 2. The summed E-state index contributed by atoms with van der Waals surface area (Å²) in [6.07, 6.45) is 1.60. The maximum absolute atomic E-state index is 5.46. The topological polar surface area (TPSA) is 69.4 Å². The molecule has 26 heavy (non-hydrogen) atoms. The summed E-state index contributed by atoms with van der Waals surface area (Å²) in [5.74, 6) is 3.19. The third-order valence-electron chi connectivity index (χ3n) is 4.00. The molecule has 0 saturated heterocycles. The van der Waals surface area contributed by atoms with Crippen molar-refractivity contribution in [2.24, 2.45) is 0 Å². The van der Waals surface area contributed by atoms with Crippen molar-refractivity contribution in [1.29, 1.82) is 0 Å². The minimum atomic E-state index is 0.512. The Morgan fingerprint density at radius 1 is 0.923 bits per heavy atom. The first-order valence-electron chi connectivity index (χ1n) is 8.08. The summed E-state index contributed by atoms with van der Waals surface area (Å²) < 4.78 is 16.2. The van der Waals surface area contributed by atoms with Crippen LogP contribution in [-0.2, 0) is 0 Å². The summed E-state index contributed by atoms with van der Waals surface area (Å²) in [5.41, 5.74) is 1.57. The van der Waals surface area contributed by atoms with E-state index < -0.39 is 0 Å². The third kappa shape index (κ3) is 2.93. The number of methoxy groups -OCH3 is 2. The predicted molar refractivity (Wildman–Crippen MR) is 100 cm³/mol. The Labute approximate surface area is 150 Å². The van der Waals surface area contributed by atoms with Crippen molar-refractivity contribution in [2.45, 2.75) is 0 Å². The third-order valence-corrected chi connectivity index (χ3v) is 4.00. The number of aromatic nitrogens is 2. The van der Waals surface area contributed by atoms with Gasteiger partial charge in [0.1, 0.15) is 17.3 Å². The molecule has 2 aromatic heterocycles. The second-order valence-corrected chi connectivity index (χ2v) is 5.58. The van der Waals surface area contributed by atoms with E-state index in [1.807, 2.05) is 54.6 Å². The van der Waals surface area contributed by atoms with E-state index in [2.05, 4.69) is 15.3 Å². The van der Waals surface area contributed by atoms with Crippen LogP contribution in [0, 0.1) is 0 Å². The molecule has 0 spiro atoms. The lowest BCUT2D eigenvalue weighted by Gasteiger charge is -2.14. The van der Waals surface area contributed by atoms with E-state index in [4.69, 9.17) is 13.9 Å². The van der Waals surface area contributed by atoms with Gasteiger partial charge in [0.15, 0.2) is 11.6 Å². The maximum Gasteiger partial charge on any atom is 0.198 e. The molecule has 4 aromatic rings. The Morgan fingerprint density at radius 3 is 2.58 bits per heavy atom. The van der Waals surface area contributed by atoms with Crippen LogP contribution in [-0.4, -0.2) is 24.2 Å². The molecule has 0 atom stereocenters. The smallest absolute Gasteiger partial charge is 0.198 e. The first-order chi connectivity index (χ1) is 12.8. The molecular weight excluding hydrogens is 330 g/mol. The molecule has 1 N–H and O–H groups in total. The quantitative estimate of drug-likeness (QED) is 0.567. The van der Waals surface area contributed by atoms with Crippen LogP contribution in [0.4, 0.5) is 11.5 Å². The molecule has 0 aliphatic carbocycles. The molecule has 130 valence electrons. The second-order valence-electron chi connectivity index (χ2n) is 5.58. The lowest BCUT2D eigenvalue weighted by Crippen LogP contribution is -2.01. The first kappa shape index (κ1) is 16.0. The zero-order chi connectivity index (χ0) is 17.9. The standard InChI is InChI=1S/C20H17N3O3/c1-24-13-9-10-17(25-2)16(12-13)22-19-14-6-3-4-7-15(14)21-20(23-19)18-8-5-11-26-18/h3-12H,1-2H3,(H,21,22,23). The van der Waals surface area contributed by atoms with Gasteiger partial charge in [-0.1, -0.05) is 12.1 Å². The van der Waals surface area contributed by atoms with Crippen molar-refractivity contribution in [2.75, 3.05) is 19.5 Å². The van der Waals surface area contributed by atoms with Gasteiger partial charge in [-0.05, 0) is 36.4 Å². The van der Waals surface area contributed by atoms with Crippen LogP contribution >= 0.6 is 0 Å². The zero-order valence-corrected chi connectivity index (χ0v) is 14.4. The van der Waals surface area contributed by atoms with Crippen molar-refractivity contribution in [3.63, 3.8) is 0 Å². The highest BCUT2D eigenvalue weighted by Crippen LogP contribution is 2.34. The normalized spacial score (nSPS) is 10.7. The number of nitrogens with zero attached hydrogens (tertiary/aromatic N) is 2. The number of hydrogen-bond donors (Lipinski definition) is 1. The number of rotatable bonds is 5. The summed E-state index contributed by atoms with van der Waals surface area (Å²) in [6.45, 7) is 0. The average molecular weight is 347 g/mol. The molecule has 0 radical (unpaired) electrons. The van der Waals surface area contributed by atoms with E-state index in [9.17, 15) is 0 Å². The molecule has 0 aliphatic rings. The van der Waals surface area contributed by atoms with E-state index in [0.717, 1.165) is 22.3 Å². The van der Waals surface area contributed by atoms with Gasteiger partial charge in [-0.25, -0.2) is 9.97 Å². The summed E-state index contributed by atoms with van der Waals surface area (Å²) >= 11 is 0. The fraction of sp³-hybridized carbons (Fsp3) is 0.100. The van der Waals surface area contributed by atoms with Gasteiger partial charge in [-0.2, -0.15) is 0 Å². The van der Waals surface area contributed by atoms with E-state index >= 15 is 0 Å². The van der Waals surface area contributed by atoms with E-state index in [-0.39, 0.29) is 0 Å². The monoisotopic (exact) mass is 347 g/mol. The number of nitrogens with one attached hydrogen (secondary N) is 1. The van der Waals surface area contributed by atoms with Gasteiger partial charge >= 0.3 is 0 Å². The number of para-hydroxylation sites is 1. The average Bonchev–Trinajstić information content (AvgIpc) is 3.22. The van der Waals surface area contributed by atoms with Crippen LogP contribution in [0.2, 0.25) is 0 Å². The van der Waals surface area contributed by atoms with Gasteiger partial charge in [0.2, 0.25) is 0 Å². The second kappa shape index (κ2) is 6.76. The Kier molecular flexibility index (Phi) is 4.15. The van der Waals surface area contributed by atoms with Crippen molar-refractivity contribution >= 4 is 22.4 Å². The van der Waals surface area contributed by atoms with Gasteiger partial charge in [-0.3, -0.25) is 0 Å². The fourth-order valence-corrected chi connectivity index (χ4v) is 2.73. The van der Waals surface area contributed by atoms with Gasteiger partial charge < -0.3 is 19.2 Å². The molecular formula is C20H17N3O3. The molecule has 0 aliphatic heterocycles. The summed E-state index contributed by atoms with van der Waals surface area (Å²) in [6, 6.07) is 17.0. The van der Waals surface area contributed by atoms with Crippen LogP contribution in [0.5, 0.6) is 11.5 Å². The predicted octanol–water partition coefficient (Wildman–Crippen LogP) is 4.65. The van der Waals surface area contributed by atoms with E-state index in [1.54, 1.807) is 20.5 Å². The molecule has 2 heterocycles. The lowest BCUT2D eigenvalue weighted by molar-refractivity contribution is 0.405. The highest BCUT2D eigenvalue weighted by Gasteiger charge is 2.13. The van der Waals surface area contributed by atoms with Crippen LogP contribution in [0.1, 0.15) is 0 Å². The number of furan rings is 1. The molecule has 0 fully saturated rings. The molecule has 0 bridgehead atoms. The summed E-state index contributed by atoms with van der Waals surface area (Å²) in [5, 5.41) is 4.24. The minimum absolute atomic E-state index is 0.512. The maximum atomic E-state index is 5.46. The largest absolute Gasteiger partial charge is 0.497 e. The molecule has 2 aromatic carbocycles. The van der Waals surface area contributed by atoms with Gasteiger partial charge in [0.05, 0.1) is 31.7 Å². The van der Waals surface area contributed by atoms with Crippen LogP contribution in [0.3, 0.4) is 0 Å². The Morgan fingerprint density at radius 2 is 1.81 bits per heavy atom. The minimum Gasteiger partial charge on any atom is -0.497 e. The number of anilines is 2.